The van der Waals surface area contributed by atoms with Crippen molar-refractivity contribution in [1.29, 1.82) is 0 Å². The summed E-state index contributed by atoms with van der Waals surface area (Å²) >= 11 is 0. The fourth-order valence-corrected chi connectivity index (χ4v) is 3.05. The zero-order chi connectivity index (χ0) is 18.9. The van der Waals surface area contributed by atoms with E-state index in [9.17, 15) is 24.8 Å². The number of fused-ring (bicyclic) bond motifs is 1. The summed E-state index contributed by atoms with van der Waals surface area (Å²) in [4.78, 5) is 36.9. The summed E-state index contributed by atoms with van der Waals surface area (Å²) in [6.45, 7) is -0.0385. The number of hydrogen-bond acceptors (Lipinski definition) is 5. The number of amides is 1. The van der Waals surface area contributed by atoms with E-state index < -0.39 is 28.6 Å². The van der Waals surface area contributed by atoms with Gasteiger partial charge in [-0.05, 0) is 6.07 Å². The van der Waals surface area contributed by atoms with E-state index in [2.05, 4.69) is 5.92 Å². The second-order valence-corrected chi connectivity index (χ2v) is 5.88. The topological polar surface area (TPSA) is 101 Å². The van der Waals surface area contributed by atoms with Crippen LogP contribution in [0.1, 0.15) is 22.3 Å². The quantitative estimate of drug-likeness (QED) is 0.385. The highest BCUT2D eigenvalue weighted by Crippen LogP contribution is 2.42. The lowest BCUT2D eigenvalue weighted by molar-refractivity contribution is -0.384. The maximum atomic E-state index is 12.7. The Bertz CT molecular complexity index is 962. The van der Waals surface area contributed by atoms with E-state index >= 15 is 0 Å². The summed E-state index contributed by atoms with van der Waals surface area (Å²) in [5, 5.41) is 21.9. The highest BCUT2D eigenvalue weighted by atomic mass is 16.6. The van der Waals surface area contributed by atoms with Crippen molar-refractivity contribution >= 4 is 23.1 Å². The summed E-state index contributed by atoms with van der Waals surface area (Å²) in [5.74, 6) is 1.09. The molecule has 2 aromatic rings. The van der Waals surface area contributed by atoms with Gasteiger partial charge < -0.3 is 5.11 Å². The predicted molar refractivity (Wildman–Crippen MR) is 93.6 cm³/mol. The van der Waals surface area contributed by atoms with Crippen LogP contribution < -0.4 is 4.90 Å². The first kappa shape index (κ1) is 17.3. The molecule has 1 N–H and O–H groups in total. The predicted octanol–water partition coefficient (Wildman–Crippen LogP) is 2.04. The van der Waals surface area contributed by atoms with Crippen LogP contribution in [-0.4, -0.2) is 28.3 Å². The van der Waals surface area contributed by atoms with Crippen molar-refractivity contribution in [3.63, 3.8) is 0 Å². The van der Waals surface area contributed by atoms with Crippen molar-refractivity contribution in [3.05, 3.63) is 69.8 Å². The van der Waals surface area contributed by atoms with Crippen LogP contribution in [0.3, 0.4) is 0 Å². The molecule has 3 rings (SSSR count). The van der Waals surface area contributed by atoms with Gasteiger partial charge >= 0.3 is 0 Å². The van der Waals surface area contributed by atoms with E-state index in [1.807, 2.05) is 0 Å². The lowest BCUT2D eigenvalue weighted by atomic mass is 9.88. The molecule has 0 unspecified atom stereocenters. The highest BCUT2D eigenvalue weighted by Gasteiger charge is 2.50. The van der Waals surface area contributed by atoms with Gasteiger partial charge in [-0.1, -0.05) is 36.3 Å². The number of hydrogen-bond donors (Lipinski definition) is 1. The first-order valence-electron chi connectivity index (χ1n) is 7.73. The third-order valence-electron chi connectivity index (χ3n) is 4.28. The number of nitro benzene ring substituents is 1. The van der Waals surface area contributed by atoms with Crippen LogP contribution in [0.4, 0.5) is 11.4 Å². The number of ketones is 1. The second-order valence-electron chi connectivity index (χ2n) is 5.88. The molecule has 2 aromatic carbocycles. The largest absolute Gasteiger partial charge is 0.375 e. The minimum absolute atomic E-state index is 0.0385. The normalized spacial score (nSPS) is 18.3. The molecule has 1 heterocycles. The number of rotatable bonds is 5. The molecule has 0 bridgehead atoms. The number of aliphatic hydroxyl groups is 1. The summed E-state index contributed by atoms with van der Waals surface area (Å²) in [6.07, 6.45) is 4.76. The number of non-ortho nitro benzene ring substituents is 1. The molecular formula is C19H14N2O5. The molecule has 0 radical (unpaired) electrons. The zero-order valence-electron chi connectivity index (χ0n) is 13.6. The molecule has 130 valence electrons. The van der Waals surface area contributed by atoms with Crippen LogP contribution in [0.5, 0.6) is 0 Å². The number of para-hydroxylation sites is 1. The van der Waals surface area contributed by atoms with Gasteiger partial charge in [-0.15, -0.1) is 6.42 Å². The van der Waals surface area contributed by atoms with Crippen LogP contribution in [0.25, 0.3) is 0 Å². The summed E-state index contributed by atoms with van der Waals surface area (Å²) in [7, 11) is 0. The maximum Gasteiger partial charge on any atom is 0.270 e. The number of nitrogens with zero attached hydrogens (tertiary/aromatic N) is 2. The molecular weight excluding hydrogens is 336 g/mol. The fraction of sp³-hybridized carbons (Fsp3) is 0.158. The first-order valence-corrected chi connectivity index (χ1v) is 7.73. The smallest absolute Gasteiger partial charge is 0.270 e. The van der Waals surface area contributed by atoms with E-state index in [-0.39, 0.29) is 17.8 Å². The SMILES string of the molecule is C#CCN1C(=O)[C@@](O)(CC(=O)c2cccc([N+](=O)[O-])c2)c2ccccc21. The van der Waals surface area contributed by atoms with Gasteiger partial charge in [0.05, 0.1) is 23.6 Å². The second kappa shape index (κ2) is 6.43. The molecule has 7 nitrogen and oxygen atoms in total. The number of Topliss-reactive ketones (excluding diaryl/α,β-unsaturated/α-hetero) is 1. The summed E-state index contributed by atoms with van der Waals surface area (Å²) < 4.78 is 0. The average molecular weight is 350 g/mol. The fourth-order valence-electron chi connectivity index (χ4n) is 3.05. The van der Waals surface area contributed by atoms with Crippen molar-refractivity contribution in [2.75, 3.05) is 11.4 Å². The minimum Gasteiger partial charge on any atom is -0.375 e. The van der Waals surface area contributed by atoms with E-state index in [0.29, 0.717) is 11.3 Å². The van der Waals surface area contributed by atoms with Gasteiger partial charge in [-0.25, -0.2) is 0 Å². The van der Waals surface area contributed by atoms with Crippen molar-refractivity contribution in [2.24, 2.45) is 0 Å². The lowest BCUT2D eigenvalue weighted by Gasteiger charge is -2.21. The van der Waals surface area contributed by atoms with Gasteiger partial charge in [-0.3, -0.25) is 24.6 Å². The monoisotopic (exact) mass is 350 g/mol. The van der Waals surface area contributed by atoms with Crippen LogP contribution >= 0.6 is 0 Å². The summed E-state index contributed by atoms with van der Waals surface area (Å²) in [6, 6.07) is 11.7. The van der Waals surface area contributed by atoms with Gasteiger partial charge in [0.1, 0.15) is 0 Å². The Morgan fingerprint density at radius 2 is 2.00 bits per heavy atom. The molecule has 7 heteroatoms. The molecule has 0 saturated heterocycles. The zero-order valence-corrected chi connectivity index (χ0v) is 13.6. The Morgan fingerprint density at radius 1 is 1.27 bits per heavy atom. The Balaban J connectivity index is 1.97. The van der Waals surface area contributed by atoms with Gasteiger partial charge in [-0.2, -0.15) is 0 Å². The molecule has 0 fully saturated rings. The van der Waals surface area contributed by atoms with Crippen molar-refractivity contribution in [3.8, 4) is 12.3 Å². The molecule has 1 aliphatic heterocycles. The third-order valence-corrected chi connectivity index (χ3v) is 4.28. The van der Waals surface area contributed by atoms with E-state index in [0.717, 1.165) is 6.07 Å². The number of carbonyl (C=O) groups is 2. The number of benzene rings is 2. The molecule has 26 heavy (non-hydrogen) atoms. The van der Waals surface area contributed by atoms with E-state index in [1.54, 1.807) is 24.3 Å². The minimum atomic E-state index is -2.06. The number of carbonyl (C=O) groups excluding carboxylic acids is 2. The number of anilines is 1. The lowest BCUT2D eigenvalue weighted by Crippen LogP contribution is -2.42. The van der Waals surface area contributed by atoms with Gasteiger partial charge in [0.25, 0.3) is 11.6 Å². The average Bonchev–Trinajstić information content (AvgIpc) is 2.84. The van der Waals surface area contributed by atoms with Crippen LogP contribution in [-0.2, 0) is 10.4 Å². The molecule has 1 atom stereocenters. The molecule has 0 spiro atoms. The summed E-state index contributed by atoms with van der Waals surface area (Å²) in [5.41, 5.74) is -1.51. The van der Waals surface area contributed by atoms with E-state index in [4.69, 9.17) is 6.42 Å². The van der Waals surface area contributed by atoms with Crippen LogP contribution in [0, 0.1) is 22.5 Å². The van der Waals surface area contributed by atoms with E-state index in [1.165, 1.54) is 23.1 Å². The van der Waals surface area contributed by atoms with Crippen molar-refractivity contribution in [1.82, 2.24) is 0 Å². The molecule has 0 saturated carbocycles. The molecule has 0 aromatic heterocycles. The highest BCUT2D eigenvalue weighted by molar-refractivity contribution is 6.11. The molecule has 1 aliphatic rings. The van der Waals surface area contributed by atoms with Gasteiger partial charge in [0.15, 0.2) is 11.4 Å². The molecule has 1 amide bonds. The Morgan fingerprint density at radius 3 is 2.69 bits per heavy atom. The Labute approximate surface area is 149 Å². The standard InChI is InChI=1S/C19H14N2O5/c1-2-10-20-16-9-4-3-8-15(16)19(24,18(20)23)12-17(22)13-6-5-7-14(11-13)21(25)26/h1,3-9,11,24H,10,12H2/t19-/m1/s1. The molecule has 0 aliphatic carbocycles. The Hall–Kier alpha value is -3.50. The Kier molecular flexibility index (Phi) is 4.28. The number of nitro groups is 1. The van der Waals surface area contributed by atoms with Crippen LogP contribution in [0.15, 0.2) is 48.5 Å². The first-order chi connectivity index (χ1) is 12.4. The third kappa shape index (κ3) is 2.72. The van der Waals surface area contributed by atoms with Crippen LogP contribution in [0.2, 0.25) is 0 Å². The van der Waals surface area contributed by atoms with Crippen molar-refractivity contribution < 1.29 is 19.6 Å². The van der Waals surface area contributed by atoms with Crippen molar-refractivity contribution in [2.45, 2.75) is 12.0 Å². The maximum absolute atomic E-state index is 12.7. The van der Waals surface area contributed by atoms with Gasteiger partial charge in [0, 0.05) is 23.3 Å². The number of terminal acetylenes is 1. The van der Waals surface area contributed by atoms with Gasteiger partial charge in [0.2, 0.25) is 0 Å².